The highest BCUT2D eigenvalue weighted by Crippen LogP contribution is 2.37. The first kappa shape index (κ1) is 20.1. The van der Waals surface area contributed by atoms with E-state index in [9.17, 15) is 9.18 Å². The van der Waals surface area contributed by atoms with Gasteiger partial charge < -0.3 is 14.3 Å². The fraction of sp³-hybridized carbons (Fsp3) is 0.333. The Morgan fingerprint density at radius 2 is 1.90 bits per heavy atom. The molecule has 0 bridgehead atoms. The van der Waals surface area contributed by atoms with Crippen LogP contribution in [-0.4, -0.2) is 46.6 Å². The summed E-state index contributed by atoms with van der Waals surface area (Å²) in [6, 6.07) is 16.0. The molecule has 2 heterocycles. The minimum absolute atomic E-state index is 0.151. The second-order valence-electron chi connectivity index (χ2n) is 7.95. The molecule has 1 saturated carbocycles. The summed E-state index contributed by atoms with van der Waals surface area (Å²) < 4.78 is 19.6. The summed E-state index contributed by atoms with van der Waals surface area (Å²) in [7, 11) is 0. The van der Waals surface area contributed by atoms with Gasteiger partial charge in [0.2, 0.25) is 5.88 Å². The second-order valence-corrected chi connectivity index (χ2v) is 9.18. The summed E-state index contributed by atoms with van der Waals surface area (Å²) >= 11 is 1.93. The molecule has 0 unspecified atom stereocenters. The minimum atomic E-state index is -0.400. The summed E-state index contributed by atoms with van der Waals surface area (Å²) in [4.78, 5) is 17.4. The van der Waals surface area contributed by atoms with Crippen molar-refractivity contribution in [3.05, 3.63) is 71.5 Å². The monoisotopic (exact) mass is 437 g/mol. The van der Waals surface area contributed by atoms with Crippen LogP contribution >= 0.6 is 11.8 Å². The molecule has 5 nitrogen and oxygen atoms in total. The predicted molar refractivity (Wildman–Crippen MR) is 121 cm³/mol. The van der Waals surface area contributed by atoms with Crippen molar-refractivity contribution < 1.29 is 13.7 Å². The number of benzene rings is 2. The van der Waals surface area contributed by atoms with Gasteiger partial charge in [-0.15, -0.1) is 0 Å². The lowest BCUT2D eigenvalue weighted by Crippen LogP contribution is -2.35. The van der Waals surface area contributed by atoms with Crippen LogP contribution < -0.4 is 4.90 Å². The van der Waals surface area contributed by atoms with Crippen LogP contribution in [0.15, 0.2) is 59.1 Å². The molecule has 2 fully saturated rings. The van der Waals surface area contributed by atoms with Gasteiger partial charge in [0.25, 0.3) is 5.91 Å². The van der Waals surface area contributed by atoms with Gasteiger partial charge in [-0.2, -0.15) is 11.8 Å². The second kappa shape index (κ2) is 8.75. The smallest absolute Gasteiger partial charge is 0.254 e. The van der Waals surface area contributed by atoms with E-state index >= 15 is 0 Å². The Kier molecular flexibility index (Phi) is 5.68. The maximum absolute atomic E-state index is 13.8. The molecule has 1 amide bonds. The van der Waals surface area contributed by atoms with E-state index in [0.717, 1.165) is 60.1 Å². The van der Waals surface area contributed by atoms with Crippen molar-refractivity contribution in [2.24, 2.45) is 0 Å². The third-order valence-corrected chi connectivity index (χ3v) is 6.70. The van der Waals surface area contributed by atoms with Gasteiger partial charge in [0.15, 0.2) is 0 Å². The number of hydrogen-bond acceptors (Lipinski definition) is 5. The third-order valence-electron chi connectivity index (χ3n) is 5.76. The molecule has 1 aliphatic carbocycles. The number of hydrogen-bond donors (Lipinski definition) is 0. The van der Waals surface area contributed by atoms with Crippen LogP contribution in [0.3, 0.4) is 0 Å². The van der Waals surface area contributed by atoms with Gasteiger partial charge in [0.05, 0.1) is 12.1 Å². The topological polar surface area (TPSA) is 49.6 Å². The number of aromatic nitrogens is 1. The average Bonchev–Trinajstić information content (AvgIpc) is 3.57. The number of carbonyl (C=O) groups excluding carboxylic acids is 1. The Morgan fingerprint density at radius 1 is 1.13 bits per heavy atom. The van der Waals surface area contributed by atoms with E-state index in [0.29, 0.717) is 12.1 Å². The quantitative estimate of drug-likeness (QED) is 0.552. The molecule has 2 aromatic carbocycles. The first-order valence-corrected chi connectivity index (χ1v) is 11.8. The van der Waals surface area contributed by atoms with Gasteiger partial charge >= 0.3 is 0 Å². The van der Waals surface area contributed by atoms with Crippen molar-refractivity contribution in [2.45, 2.75) is 25.4 Å². The van der Waals surface area contributed by atoms with Gasteiger partial charge in [0, 0.05) is 41.8 Å². The van der Waals surface area contributed by atoms with Crippen LogP contribution in [0, 0.1) is 5.82 Å². The molecule has 2 aliphatic rings. The maximum atomic E-state index is 13.8. The highest BCUT2D eigenvalue weighted by atomic mass is 32.2. The molecule has 0 spiro atoms. The van der Waals surface area contributed by atoms with Gasteiger partial charge in [-0.25, -0.2) is 4.39 Å². The van der Waals surface area contributed by atoms with Crippen molar-refractivity contribution >= 4 is 23.6 Å². The molecule has 0 N–H and O–H groups in total. The van der Waals surface area contributed by atoms with Gasteiger partial charge in [-0.3, -0.25) is 4.79 Å². The lowest BCUT2D eigenvalue weighted by atomic mass is 10.1. The fourth-order valence-corrected chi connectivity index (χ4v) is 4.89. The van der Waals surface area contributed by atoms with Crippen LogP contribution in [0.25, 0.3) is 11.3 Å². The van der Waals surface area contributed by atoms with E-state index < -0.39 is 5.82 Å². The first-order chi connectivity index (χ1) is 15.2. The number of thioether (sulfide) groups is 1. The van der Waals surface area contributed by atoms with Crippen LogP contribution in [0.5, 0.6) is 0 Å². The summed E-state index contributed by atoms with van der Waals surface area (Å²) in [5.41, 5.74) is 3.04. The molecule has 160 valence electrons. The number of anilines is 1. The summed E-state index contributed by atoms with van der Waals surface area (Å²) in [6.45, 7) is 2.18. The molecule has 31 heavy (non-hydrogen) atoms. The average molecular weight is 438 g/mol. The SMILES string of the molecule is O=C(c1cccc(F)c1)N(Cc1c(-c2ccccc2)noc1N1CCSCC1)C1CC1. The highest BCUT2D eigenvalue weighted by Gasteiger charge is 2.36. The van der Waals surface area contributed by atoms with E-state index in [1.165, 1.54) is 12.1 Å². The number of rotatable bonds is 6. The third kappa shape index (κ3) is 4.32. The van der Waals surface area contributed by atoms with E-state index in [2.05, 4.69) is 10.1 Å². The zero-order valence-electron chi connectivity index (χ0n) is 17.2. The number of nitrogens with zero attached hydrogens (tertiary/aromatic N) is 3. The number of amides is 1. The van der Waals surface area contributed by atoms with Gasteiger partial charge in [-0.1, -0.05) is 41.6 Å². The zero-order valence-corrected chi connectivity index (χ0v) is 18.0. The molecular weight excluding hydrogens is 413 g/mol. The summed E-state index contributed by atoms with van der Waals surface area (Å²) in [5.74, 6) is 2.27. The first-order valence-electron chi connectivity index (χ1n) is 10.6. The largest absolute Gasteiger partial charge is 0.339 e. The van der Waals surface area contributed by atoms with Gasteiger partial charge in [0.1, 0.15) is 11.5 Å². The molecule has 7 heteroatoms. The molecule has 0 radical (unpaired) electrons. The van der Waals surface area contributed by atoms with Crippen LogP contribution in [-0.2, 0) is 6.54 Å². The zero-order chi connectivity index (χ0) is 21.2. The molecule has 5 rings (SSSR count). The molecule has 1 aromatic heterocycles. The Labute approximate surface area is 185 Å². The maximum Gasteiger partial charge on any atom is 0.254 e. The summed E-state index contributed by atoms with van der Waals surface area (Å²) in [5, 5.41) is 4.42. The van der Waals surface area contributed by atoms with Crippen molar-refractivity contribution in [1.29, 1.82) is 0 Å². The molecule has 1 saturated heterocycles. The lowest BCUT2D eigenvalue weighted by molar-refractivity contribution is 0.0729. The van der Waals surface area contributed by atoms with Crippen molar-refractivity contribution in [3.8, 4) is 11.3 Å². The van der Waals surface area contributed by atoms with Crippen LogP contribution in [0.1, 0.15) is 28.8 Å². The Morgan fingerprint density at radius 3 is 2.61 bits per heavy atom. The van der Waals surface area contributed by atoms with Crippen molar-refractivity contribution in [3.63, 3.8) is 0 Å². The predicted octanol–water partition coefficient (Wildman–Crippen LogP) is 4.84. The minimum Gasteiger partial charge on any atom is -0.339 e. The molecule has 0 atom stereocenters. The van der Waals surface area contributed by atoms with Crippen LogP contribution in [0.2, 0.25) is 0 Å². The molecule has 3 aromatic rings. The summed E-state index contributed by atoms with van der Waals surface area (Å²) in [6.07, 6.45) is 1.92. The van der Waals surface area contributed by atoms with E-state index in [-0.39, 0.29) is 11.9 Å². The number of carbonyl (C=O) groups is 1. The van der Waals surface area contributed by atoms with E-state index in [4.69, 9.17) is 4.52 Å². The fourth-order valence-electron chi connectivity index (χ4n) is 3.99. The Hall–Kier alpha value is -2.80. The number of halogens is 1. The lowest BCUT2D eigenvalue weighted by Gasteiger charge is -2.28. The van der Waals surface area contributed by atoms with Crippen molar-refractivity contribution in [2.75, 3.05) is 29.5 Å². The molecule has 1 aliphatic heterocycles. The van der Waals surface area contributed by atoms with Gasteiger partial charge in [-0.05, 0) is 31.0 Å². The van der Waals surface area contributed by atoms with E-state index in [1.807, 2.05) is 47.0 Å². The standard InChI is InChI=1S/C24H24FN3O2S/c25-19-8-4-7-18(15-19)23(29)28(20-9-10-20)16-21-22(17-5-2-1-3-6-17)26-30-24(21)27-11-13-31-14-12-27/h1-8,15,20H,9-14,16H2. The normalized spacial score (nSPS) is 16.4. The molecular formula is C24H24FN3O2S. The van der Waals surface area contributed by atoms with Crippen molar-refractivity contribution in [1.82, 2.24) is 10.1 Å². The van der Waals surface area contributed by atoms with E-state index in [1.54, 1.807) is 12.1 Å². The highest BCUT2D eigenvalue weighted by molar-refractivity contribution is 7.99. The van der Waals surface area contributed by atoms with Crippen LogP contribution in [0.4, 0.5) is 10.3 Å². The Balaban J connectivity index is 1.52. The Bertz CT molecular complexity index is 1060.